The Morgan fingerprint density at radius 1 is 1.43 bits per heavy atom. The largest absolute Gasteiger partial charge is 0.394 e. The molecule has 1 aromatic carbocycles. The summed E-state index contributed by atoms with van der Waals surface area (Å²) in [4.78, 5) is 0.403. The first-order chi connectivity index (χ1) is 10.1. The van der Waals surface area contributed by atoms with E-state index in [1.54, 1.807) is 12.1 Å². The van der Waals surface area contributed by atoms with Crippen molar-refractivity contribution in [3.63, 3.8) is 0 Å². The summed E-state index contributed by atoms with van der Waals surface area (Å²) in [5.41, 5.74) is 1.97. The molecule has 1 unspecified atom stereocenters. The van der Waals surface area contributed by atoms with Crippen molar-refractivity contribution in [1.29, 1.82) is 0 Å². The zero-order valence-electron chi connectivity index (χ0n) is 11.8. The summed E-state index contributed by atoms with van der Waals surface area (Å²) in [6, 6.07) is 5.45. The molecule has 2 heterocycles. The zero-order valence-corrected chi connectivity index (χ0v) is 12.6. The third-order valence-electron chi connectivity index (χ3n) is 4.02. The van der Waals surface area contributed by atoms with Crippen molar-refractivity contribution >= 4 is 10.0 Å². The highest BCUT2D eigenvalue weighted by Gasteiger charge is 2.32. The smallest absolute Gasteiger partial charge is 0.243 e. The van der Waals surface area contributed by atoms with Gasteiger partial charge in [-0.25, -0.2) is 8.42 Å². The second-order valence-electron chi connectivity index (χ2n) is 5.36. The van der Waals surface area contributed by atoms with Crippen LogP contribution in [0.5, 0.6) is 0 Å². The molecule has 1 fully saturated rings. The van der Waals surface area contributed by atoms with Gasteiger partial charge in [-0.2, -0.15) is 4.31 Å². The van der Waals surface area contributed by atoms with Crippen molar-refractivity contribution in [3.8, 4) is 0 Å². The average molecular weight is 312 g/mol. The van der Waals surface area contributed by atoms with E-state index in [1.165, 1.54) is 4.31 Å². The van der Waals surface area contributed by atoms with Gasteiger partial charge in [-0.15, -0.1) is 0 Å². The summed E-state index contributed by atoms with van der Waals surface area (Å²) in [6.07, 6.45) is 0.285. The van der Waals surface area contributed by atoms with Crippen molar-refractivity contribution < 1.29 is 18.3 Å². The molecule has 2 aliphatic rings. The van der Waals surface area contributed by atoms with Gasteiger partial charge in [-0.3, -0.25) is 0 Å². The number of hydrogen-bond donors (Lipinski definition) is 2. The number of rotatable bonds is 3. The summed E-state index contributed by atoms with van der Waals surface area (Å²) in [5.74, 6) is 0. The minimum absolute atomic E-state index is 0.164. The van der Waals surface area contributed by atoms with E-state index in [2.05, 4.69) is 5.32 Å². The number of sulfonamides is 1. The monoisotopic (exact) mass is 312 g/mol. The molecule has 2 N–H and O–H groups in total. The quantitative estimate of drug-likeness (QED) is 0.802. The first-order valence-electron chi connectivity index (χ1n) is 7.17. The summed E-state index contributed by atoms with van der Waals surface area (Å²) in [6.45, 7) is 2.20. The summed E-state index contributed by atoms with van der Waals surface area (Å²) < 4.78 is 32.5. The van der Waals surface area contributed by atoms with Gasteiger partial charge in [0.15, 0.2) is 0 Å². The maximum absolute atomic E-state index is 12.9. The maximum Gasteiger partial charge on any atom is 0.243 e. The van der Waals surface area contributed by atoms with Gasteiger partial charge in [0.25, 0.3) is 0 Å². The van der Waals surface area contributed by atoms with E-state index in [4.69, 9.17) is 4.74 Å². The maximum atomic E-state index is 12.9. The lowest BCUT2D eigenvalue weighted by Crippen LogP contribution is -2.47. The topological polar surface area (TPSA) is 78.9 Å². The number of nitrogens with zero attached hydrogens (tertiary/aromatic N) is 1. The average Bonchev–Trinajstić information content (AvgIpc) is 2.54. The van der Waals surface area contributed by atoms with E-state index in [0.29, 0.717) is 24.6 Å². The molecule has 1 saturated heterocycles. The Balaban J connectivity index is 1.95. The molecule has 0 spiro atoms. The van der Waals surface area contributed by atoms with E-state index < -0.39 is 16.1 Å². The summed E-state index contributed by atoms with van der Waals surface area (Å²) in [5, 5.41) is 12.4. The first kappa shape index (κ1) is 14.9. The second-order valence-corrected chi connectivity index (χ2v) is 7.27. The number of ether oxygens (including phenoxy) is 1. The van der Waals surface area contributed by atoms with Gasteiger partial charge in [0.1, 0.15) is 0 Å². The molecule has 3 rings (SSSR count). The fourth-order valence-corrected chi connectivity index (χ4v) is 4.65. The number of hydrogen-bond acceptors (Lipinski definition) is 5. The highest BCUT2D eigenvalue weighted by molar-refractivity contribution is 7.89. The molecule has 0 aliphatic carbocycles. The van der Waals surface area contributed by atoms with Crippen LogP contribution in [0.4, 0.5) is 0 Å². The Morgan fingerprint density at radius 3 is 3.10 bits per heavy atom. The van der Waals surface area contributed by atoms with Crippen LogP contribution in [0.2, 0.25) is 0 Å². The van der Waals surface area contributed by atoms with Crippen molar-refractivity contribution in [3.05, 3.63) is 29.3 Å². The molecular formula is C14H20N2O4S. The number of benzene rings is 1. The number of morpholine rings is 1. The minimum Gasteiger partial charge on any atom is -0.394 e. The predicted octanol–water partition coefficient (Wildman–Crippen LogP) is -0.286. The van der Waals surface area contributed by atoms with Crippen LogP contribution in [-0.4, -0.2) is 56.8 Å². The van der Waals surface area contributed by atoms with Crippen LogP contribution in [0.3, 0.4) is 0 Å². The highest BCUT2D eigenvalue weighted by atomic mass is 32.2. The number of aliphatic hydroxyl groups excluding tert-OH is 1. The Kier molecular flexibility index (Phi) is 4.28. The highest BCUT2D eigenvalue weighted by Crippen LogP contribution is 2.26. The number of aliphatic hydroxyl groups is 1. The van der Waals surface area contributed by atoms with E-state index >= 15 is 0 Å². The Bertz CT molecular complexity index is 617. The van der Waals surface area contributed by atoms with Crippen LogP contribution in [0.1, 0.15) is 11.1 Å². The molecule has 1 atom stereocenters. The Morgan fingerprint density at radius 2 is 2.29 bits per heavy atom. The van der Waals surface area contributed by atoms with Gasteiger partial charge in [0.2, 0.25) is 10.0 Å². The van der Waals surface area contributed by atoms with Crippen LogP contribution in [0.25, 0.3) is 0 Å². The lowest BCUT2D eigenvalue weighted by molar-refractivity contribution is -0.0304. The van der Waals surface area contributed by atoms with Gasteiger partial charge >= 0.3 is 0 Å². The van der Waals surface area contributed by atoms with Gasteiger partial charge in [-0.05, 0) is 30.2 Å². The number of nitrogens with one attached hydrogen (secondary N) is 1. The molecule has 116 valence electrons. The molecule has 7 heteroatoms. The standard InChI is InChI=1S/C14H20N2O4S/c17-10-12-9-16(6-7-20-12)21(18,19)14-3-1-2-11-8-15-5-4-13(11)14/h1-3,12,15,17H,4-10H2. The zero-order chi connectivity index (χ0) is 14.9. The van der Waals surface area contributed by atoms with Crippen molar-refractivity contribution in [2.45, 2.75) is 24.0 Å². The molecule has 0 saturated carbocycles. The predicted molar refractivity (Wildman–Crippen MR) is 77.4 cm³/mol. The van der Waals surface area contributed by atoms with Crippen molar-refractivity contribution in [2.24, 2.45) is 0 Å². The van der Waals surface area contributed by atoms with Gasteiger partial charge < -0.3 is 15.2 Å². The third kappa shape index (κ3) is 2.84. The van der Waals surface area contributed by atoms with Crippen LogP contribution in [0, 0.1) is 0 Å². The molecule has 6 nitrogen and oxygen atoms in total. The molecule has 1 aromatic rings. The molecule has 0 bridgehead atoms. The summed E-state index contributed by atoms with van der Waals surface area (Å²) in [7, 11) is -3.53. The molecule has 0 amide bonds. The van der Waals surface area contributed by atoms with Gasteiger partial charge in [0, 0.05) is 19.6 Å². The molecule has 2 aliphatic heterocycles. The molecule has 0 aromatic heterocycles. The Hall–Kier alpha value is -0.990. The van der Waals surface area contributed by atoms with E-state index in [1.807, 2.05) is 6.07 Å². The third-order valence-corrected chi connectivity index (χ3v) is 5.97. The van der Waals surface area contributed by atoms with Crippen LogP contribution in [0.15, 0.2) is 23.1 Å². The van der Waals surface area contributed by atoms with Crippen molar-refractivity contribution in [1.82, 2.24) is 9.62 Å². The van der Waals surface area contributed by atoms with E-state index in [9.17, 15) is 13.5 Å². The molecule has 0 radical (unpaired) electrons. The Labute approximate surface area is 124 Å². The molecular weight excluding hydrogens is 292 g/mol. The minimum atomic E-state index is -3.53. The van der Waals surface area contributed by atoms with E-state index in [0.717, 1.165) is 24.1 Å². The lowest BCUT2D eigenvalue weighted by Gasteiger charge is -2.32. The molecule has 21 heavy (non-hydrogen) atoms. The number of fused-ring (bicyclic) bond motifs is 1. The summed E-state index contributed by atoms with van der Waals surface area (Å²) >= 11 is 0. The normalized spacial score (nSPS) is 23.8. The van der Waals surface area contributed by atoms with Crippen LogP contribution < -0.4 is 5.32 Å². The van der Waals surface area contributed by atoms with Gasteiger partial charge in [-0.1, -0.05) is 12.1 Å². The van der Waals surface area contributed by atoms with Crippen molar-refractivity contribution in [2.75, 3.05) is 32.8 Å². The van der Waals surface area contributed by atoms with Gasteiger partial charge in [0.05, 0.1) is 24.2 Å². The van der Waals surface area contributed by atoms with Crippen LogP contribution in [-0.2, 0) is 27.7 Å². The van der Waals surface area contributed by atoms with E-state index in [-0.39, 0.29) is 13.2 Å². The lowest BCUT2D eigenvalue weighted by atomic mass is 10.0. The van der Waals surface area contributed by atoms with Crippen LogP contribution >= 0.6 is 0 Å². The second kappa shape index (κ2) is 6.02. The first-order valence-corrected chi connectivity index (χ1v) is 8.61. The SMILES string of the molecule is O=S(=O)(c1cccc2c1CCNC2)N1CCOC(CO)C1. The fraction of sp³-hybridized carbons (Fsp3) is 0.571. The fourth-order valence-electron chi connectivity index (χ4n) is 2.90.